The molecule has 2 amide bonds. The zero-order valence-electron chi connectivity index (χ0n) is 7.42. The second kappa shape index (κ2) is 4.30. The molecular formula is C8H16N2O2. The third-order valence-electron chi connectivity index (χ3n) is 2.24. The summed E-state index contributed by atoms with van der Waals surface area (Å²) >= 11 is 0. The fourth-order valence-electron chi connectivity index (χ4n) is 1.44. The Morgan fingerprint density at radius 1 is 1.75 bits per heavy atom. The van der Waals surface area contributed by atoms with Gasteiger partial charge in [0.2, 0.25) is 0 Å². The molecule has 0 aliphatic carbocycles. The maximum absolute atomic E-state index is 11.3. The average molecular weight is 172 g/mol. The fourth-order valence-corrected chi connectivity index (χ4v) is 1.44. The second-order valence-electron chi connectivity index (χ2n) is 3.02. The van der Waals surface area contributed by atoms with E-state index >= 15 is 0 Å². The van der Waals surface area contributed by atoms with Gasteiger partial charge in [-0.25, -0.2) is 4.79 Å². The van der Waals surface area contributed by atoms with E-state index in [4.69, 9.17) is 5.11 Å². The monoisotopic (exact) mass is 172 g/mol. The van der Waals surface area contributed by atoms with Crippen LogP contribution in [0.2, 0.25) is 0 Å². The largest absolute Gasteiger partial charge is 0.394 e. The van der Waals surface area contributed by atoms with Crippen LogP contribution in [0.5, 0.6) is 0 Å². The highest BCUT2D eigenvalue weighted by Gasteiger charge is 2.23. The lowest BCUT2D eigenvalue weighted by atomic mass is 10.2. The maximum atomic E-state index is 11.3. The van der Waals surface area contributed by atoms with Gasteiger partial charge >= 0.3 is 6.03 Å². The summed E-state index contributed by atoms with van der Waals surface area (Å²) in [5, 5.41) is 11.7. The van der Waals surface area contributed by atoms with Crippen LogP contribution in [0.3, 0.4) is 0 Å². The van der Waals surface area contributed by atoms with Gasteiger partial charge in [-0.1, -0.05) is 6.92 Å². The van der Waals surface area contributed by atoms with Crippen LogP contribution in [0.4, 0.5) is 4.79 Å². The predicted molar refractivity (Wildman–Crippen MR) is 45.9 cm³/mol. The van der Waals surface area contributed by atoms with E-state index in [-0.39, 0.29) is 18.7 Å². The minimum atomic E-state index is -0.0397. The third-order valence-corrected chi connectivity index (χ3v) is 2.24. The van der Waals surface area contributed by atoms with E-state index in [2.05, 4.69) is 5.32 Å². The van der Waals surface area contributed by atoms with Crippen molar-refractivity contribution in [3.05, 3.63) is 0 Å². The molecule has 4 heteroatoms. The molecule has 2 N–H and O–H groups in total. The Morgan fingerprint density at radius 3 is 3.00 bits per heavy atom. The summed E-state index contributed by atoms with van der Waals surface area (Å²) in [5.74, 6) is 0. The van der Waals surface area contributed by atoms with E-state index in [0.717, 1.165) is 25.9 Å². The summed E-state index contributed by atoms with van der Waals surface area (Å²) in [4.78, 5) is 13.0. The highest BCUT2D eigenvalue weighted by molar-refractivity contribution is 5.75. The van der Waals surface area contributed by atoms with Crippen molar-refractivity contribution in [2.75, 3.05) is 19.7 Å². The molecule has 1 atom stereocenters. The van der Waals surface area contributed by atoms with E-state index in [1.165, 1.54) is 0 Å². The molecule has 4 nitrogen and oxygen atoms in total. The lowest BCUT2D eigenvalue weighted by Crippen LogP contribution is -2.52. The molecule has 0 bridgehead atoms. The predicted octanol–water partition coefficient (Wildman–Crippen LogP) is 0.173. The number of hydrogen-bond acceptors (Lipinski definition) is 2. The lowest BCUT2D eigenvalue weighted by molar-refractivity contribution is 0.120. The van der Waals surface area contributed by atoms with Crippen molar-refractivity contribution < 1.29 is 9.90 Å². The van der Waals surface area contributed by atoms with Crippen LogP contribution in [0.1, 0.15) is 19.8 Å². The van der Waals surface area contributed by atoms with Crippen molar-refractivity contribution in [2.45, 2.75) is 25.8 Å². The number of rotatable bonds is 3. The van der Waals surface area contributed by atoms with Gasteiger partial charge in [0.15, 0.2) is 0 Å². The van der Waals surface area contributed by atoms with Crippen molar-refractivity contribution in [1.82, 2.24) is 10.2 Å². The van der Waals surface area contributed by atoms with Gasteiger partial charge in [0, 0.05) is 13.1 Å². The van der Waals surface area contributed by atoms with E-state index < -0.39 is 0 Å². The number of carbonyl (C=O) groups excluding carboxylic acids is 1. The number of aliphatic hydroxyl groups excluding tert-OH is 1. The van der Waals surface area contributed by atoms with Gasteiger partial charge in [-0.3, -0.25) is 0 Å². The summed E-state index contributed by atoms with van der Waals surface area (Å²) in [6.45, 7) is 3.56. The Balaban J connectivity index is 2.51. The highest BCUT2D eigenvalue weighted by atomic mass is 16.3. The minimum absolute atomic E-state index is 0.00898. The fraction of sp³-hybridized carbons (Fsp3) is 0.875. The molecule has 0 spiro atoms. The summed E-state index contributed by atoms with van der Waals surface area (Å²) < 4.78 is 0. The van der Waals surface area contributed by atoms with Crippen molar-refractivity contribution >= 4 is 6.03 Å². The van der Waals surface area contributed by atoms with Crippen LogP contribution in [0.15, 0.2) is 0 Å². The van der Waals surface area contributed by atoms with Gasteiger partial charge < -0.3 is 15.3 Å². The molecule has 1 aliphatic rings. The van der Waals surface area contributed by atoms with Gasteiger partial charge in [-0.15, -0.1) is 0 Å². The van der Waals surface area contributed by atoms with Gasteiger partial charge in [-0.2, -0.15) is 0 Å². The van der Waals surface area contributed by atoms with E-state index in [9.17, 15) is 4.79 Å². The molecule has 0 aromatic heterocycles. The molecule has 1 fully saturated rings. The summed E-state index contributed by atoms with van der Waals surface area (Å²) in [6.07, 6.45) is 1.78. The van der Waals surface area contributed by atoms with Crippen molar-refractivity contribution in [3.63, 3.8) is 0 Å². The smallest absolute Gasteiger partial charge is 0.317 e. The van der Waals surface area contributed by atoms with E-state index in [1.54, 1.807) is 4.90 Å². The minimum Gasteiger partial charge on any atom is -0.394 e. The van der Waals surface area contributed by atoms with Gasteiger partial charge in [0.05, 0.1) is 12.6 Å². The van der Waals surface area contributed by atoms with Crippen molar-refractivity contribution in [1.29, 1.82) is 0 Å². The summed E-state index contributed by atoms with van der Waals surface area (Å²) in [7, 11) is 0. The van der Waals surface area contributed by atoms with Crippen LogP contribution in [0, 0.1) is 0 Å². The van der Waals surface area contributed by atoms with Crippen LogP contribution < -0.4 is 5.32 Å². The molecule has 0 unspecified atom stereocenters. The Labute approximate surface area is 72.6 Å². The molecule has 1 heterocycles. The number of urea groups is 1. The number of carbonyl (C=O) groups is 1. The summed E-state index contributed by atoms with van der Waals surface area (Å²) in [6, 6.07) is -0.0487. The number of aliphatic hydroxyl groups is 1. The zero-order valence-corrected chi connectivity index (χ0v) is 7.42. The number of nitrogens with zero attached hydrogens (tertiary/aromatic N) is 1. The zero-order chi connectivity index (χ0) is 8.97. The van der Waals surface area contributed by atoms with Crippen LogP contribution >= 0.6 is 0 Å². The highest BCUT2D eigenvalue weighted by Crippen LogP contribution is 2.07. The molecule has 0 radical (unpaired) electrons. The quantitative estimate of drug-likeness (QED) is 0.637. The molecule has 70 valence electrons. The normalized spacial score (nSPS) is 20.5. The summed E-state index contributed by atoms with van der Waals surface area (Å²) in [5.41, 5.74) is 0. The number of amides is 2. The molecule has 0 saturated carbocycles. The first-order valence-electron chi connectivity index (χ1n) is 4.45. The molecule has 1 rings (SSSR count). The van der Waals surface area contributed by atoms with Crippen LogP contribution in [-0.2, 0) is 0 Å². The SMILES string of the molecule is CC[C@H](CO)N1CCCNC1=O. The average Bonchev–Trinajstić information content (AvgIpc) is 2.10. The number of hydrogen-bond donors (Lipinski definition) is 2. The first-order valence-corrected chi connectivity index (χ1v) is 4.45. The van der Waals surface area contributed by atoms with Crippen LogP contribution in [0.25, 0.3) is 0 Å². The Kier molecular flexibility index (Phi) is 3.34. The van der Waals surface area contributed by atoms with Crippen molar-refractivity contribution in [3.8, 4) is 0 Å². The van der Waals surface area contributed by atoms with Gasteiger partial charge in [0.1, 0.15) is 0 Å². The van der Waals surface area contributed by atoms with E-state index in [1.807, 2.05) is 6.92 Å². The second-order valence-corrected chi connectivity index (χ2v) is 3.02. The molecule has 1 saturated heterocycles. The first-order chi connectivity index (χ1) is 5.79. The van der Waals surface area contributed by atoms with E-state index in [0.29, 0.717) is 0 Å². The Bertz CT molecular complexity index is 157. The standard InChI is InChI=1S/C8H16N2O2/c1-2-7(6-11)10-5-3-4-9-8(10)12/h7,11H,2-6H2,1H3,(H,9,12)/t7-/m1/s1. The molecule has 1 aliphatic heterocycles. The molecule has 12 heavy (non-hydrogen) atoms. The van der Waals surface area contributed by atoms with Crippen molar-refractivity contribution in [2.24, 2.45) is 0 Å². The third kappa shape index (κ3) is 1.88. The number of nitrogens with one attached hydrogen (secondary N) is 1. The molecule has 0 aromatic rings. The van der Waals surface area contributed by atoms with Gasteiger partial charge in [0.25, 0.3) is 0 Å². The van der Waals surface area contributed by atoms with Gasteiger partial charge in [-0.05, 0) is 12.8 Å². The first kappa shape index (κ1) is 9.32. The Hall–Kier alpha value is -0.770. The topological polar surface area (TPSA) is 52.6 Å². The molecule has 0 aromatic carbocycles. The Morgan fingerprint density at radius 2 is 2.50 bits per heavy atom. The van der Waals surface area contributed by atoms with Crippen LogP contribution in [-0.4, -0.2) is 41.8 Å². The maximum Gasteiger partial charge on any atom is 0.317 e. The molecular weight excluding hydrogens is 156 g/mol. The lowest BCUT2D eigenvalue weighted by Gasteiger charge is -2.33.